The molecule has 1 aromatic carbocycles. The van der Waals surface area contributed by atoms with Gasteiger partial charge in [-0.1, -0.05) is 37.3 Å². The van der Waals surface area contributed by atoms with Gasteiger partial charge in [0.1, 0.15) is 0 Å². The summed E-state index contributed by atoms with van der Waals surface area (Å²) >= 11 is 0. The number of hydrogen-bond donors (Lipinski definition) is 1. The van der Waals surface area contributed by atoms with Gasteiger partial charge in [0.15, 0.2) is 0 Å². The van der Waals surface area contributed by atoms with E-state index in [1.165, 1.54) is 5.56 Å². The van der Waals surface area contributed by atoms with Crippen molar-refractivity contribution >= 4 is 5.69 Å². The predicted octanol–water partition coefficient (Wildman–Crippen LogP) is 3.08. The fourth-order valence-corrected chi connectivity index (χ4v) is 2.05. The van der Waals surface area contributed by atoms with Crippen LogP contribution in [0.4, 0.5) is 5.69 Å². The first-order chi connectivity index (χ1) is 9.20. The molecule has 1 N–H and O–H groups in total. The second-order valence-electron chi connectivity index (χ2n) is 4.73. The van der Waals surface area contributed by atoms with Crippen molar-refractivity contribution in [1.82, 2.24) is 4.57 Å². The number of anilines is 1. The van der Waals surface area contributed by atoms with E-state index >= 15 is 0 Å². The summed E-state index contributed by atoms with van der Waals surface area (Å²) in [5.74, 6) is 0.434. The van der Waals surface area contributed by atoms with Crippen molar-refractivity contribution < 1.29 is 0 Å². The van der Waals surface area contributed by atoms with Crippen LogP contribution in [0.25, 0.3) is 0 Å². The monoisotopic (exact) mass is 256 g/mol. The smallest absolute Gasteiger partial charge is 0.250 e. The van der Waals surface area contributed by atoms with Gasteiger partial charge in [0.05, 0.1) is 5.69 Å². The Hall–Kier alpha value is -2.03. The fraction of sp³-hybridized carbons (Fsp3) is 0.312. The van der Waals surface area contributed by atoms with Crippen LogP contribution in [-0.4, -0.2) is 11.1 Å². The van der Waals surface area contributed by atoms with E-state index in [9.17, 15) is 4.79 Å². The summed E-state index contributed by atoms with van der Waals surface area (Å²) in [7, 11) is 0. The molecule has 0 bridgehead atoms. The Morgan fingerprint density at radius 3 is 2.58 bits per heavy atom. The molecule has 2 aromatic rings. The van der Waals surface area contributed by atoms with E-state index in [-0.39, 0.29) is 5.56 Å². The molecule has 0 amide bonds. The van der Waals surface area contributed by atoms with E-state index in [1.54, 1.807) is 10.6 Å². The van der Waals surface area contributed by atoms with Gasteiger partial charge in [-0.05, 0) is 24.5 Å². The van der Waals surface area contributed by atoms with Crippen LogP contribution < -0.4 is 10.9 Å². The van der Waals surface area contributed by atoms with Crippen LogP contribution in [-0.2, 0) is 6.54 Å². The normalized spacial score (nSPS) is 12.1. The summed E-state index contributed by atoms with van der Waals surface area (Å²) in [4.78, 5) is 11.5. The van der Waals surface area contributed by atoms with E-state index in [0.717, 1.165) is 12.2 Å². The maximum atomic E-state index is 11.5. The molecule has 0 aliphatic rings. The van der Waals surface area contributed by atoms with Crippen LogP contribution in [0, 0.1) is 0 Å². The summed E-state index contributed by atoms with van der Waals surface area (Å²) in [5, 5.41) is 3.39. The number of rotatable bonds is 5. The highest BCUT2D eigenvalue weighted by atomic mass is 16.1. The van der Waals surface area contributed by atoms with Crippen LogP contribution >= 0.6 is 0 Å². The lowest BCUT2D eigenvalue weighted by atomic mass is 10.0. The molecule has 1 unspecified atom stereocenters. The Kier molecular flexibility index (Phi) is 4.39. The van der Waals surface area contributed by atoms with Gasteiger partial charge in [-0.2, -0.15) is 0 Å². The molecule has 0 spiro atoms. The molecule has 0 fully saturated rings. The van der Waals surface area contributed by atoms with Crippen molar-refractivity contribution in [3.05, 3.63) is 64.6 Å². The third-order valence-corrected chi connectivity index (χ3v) is 3.31. The third kappa shape index (κ3) is 3.47. The van der Waals surface area contributed by atoms with E-state index < -0.39 is 0 Å². The third-order valence-electron chi connectivity index (χ3n) is 3.31. The molecule has 1 atom stereocenters. The number of pyridine rings is 1. The minimum Gasteiger partial charge on any atom is -0.383 e. The van der Waals surface area contributed by atoms with Crippen molar-refractivity contribution in [2.45, 2.75) is 26.3 Å². The summed E-state index contributed by atoms with van der Waals surface area (Å²) < 4.78 is 1.70. The summed E-state index contributed by atoms with van der Waals surface area (Å²) in [6.45, 7) is 5.71. The molecule has 0 radical (unpaired) electrons. The fourth-order valence-electron chi connectivity index (χ4n) is 2.05. The van der Waals surface area contributed by atoms with Gasteiger partial charge in [-0.3, -0.25) is 4.79 Å². The van der Waals surface area contributed by atoms with Crippen molar-refractivity contribution in [2.24, 2.45) is 0 Å². The number of hydrogen-bond acceptors (Lipinski definition) is 2. The number of nitrogens with zero attached hydrogens (tertiary/aromatic N) is 1. The van der Waals surface area contributed by atoms with Gasteiger partial charge in [0.2, 0.25) is 0 Å². The highest BCUT2D eigenvalue weighted by Gasteiger charge is 2.04. The number of aromatic nitrogens is 1. The quantitative estimate of drug-likeness (QED) is 0.892. The highest BCUT2D eigenvalue weighted by molar-refractivity contribution is 5.40. The Bertz CT molecular complexity index is 575. The van der Waals surface area contributed by atoms with Gasteiger partial charge >= 0.3 is 0 Å². The first kappa shape index (κ1) is 13.4. The molecule has 0 aliphatic carbocycles. The van der Waals surface area contributed by atoms with Crippen LogP contribution in [0.5, 0.6) is 0 Å². The zero-order chi connectivity index (χ0) is 13.7. The van der Waals surface area contributed by atoms with Crippen molar-refractivity contribution in [1.29, 1.82) is 0 Å². The van der Waals surface area contributed by atoms with Crippen LogP contribution in [0.2, 0.25) is 0 Å². The highest BCUT2D eigenvalue weighted by Crippen LogP contribution is 2.15. The summed E-state index contributed by atoms with van der Waals surface area (Å²) in [6.07, 6.45) is 1.88. The van der Waals surface area contributed by atoms with Crippen LogP contribution in [0.3, 0.4) is 0 Å². The second-order valence-corrected chi connectivity index (χ2v) is 4.73. The van der Waals surface area contributed by atoms with Crippen LogP contribution in [0.15, 0.2) is 53.5 Å². The standard InChI is InChI=1S/C16H20N2O/c1-3-18-12-15(9-10-16(18)19)17-11-13(2)14-7-5-4-6-8-14/h4-10,12-13,17H,3,11H2,1-2H3. The lowest BCUT2D eigenvalue weighted by molar-refractivity contribution is 0.725. The average molecular weight is 256 g/mol. The molecule has 3 heteroatoms. The van der Waals surface area contributed by atoms with Gasteiger partial charge in [-0.15, -0.1) is 0 Å². The van der Waals surface area contributed by atoms with Gasteiger partial charge in [0, 0.05) is 25.4 Å². The maximum absolute atomic E-state index is 11.5. The van der Waals surface area contributed by atoms with Crippen molar-refractivity contribution in [3.8, 4) is 0 Å². The zero-order valence-corrected chi connectivity index (χ0v) is 11.5. The molecule has 19 heavy (non-hydrogen) atoms. The van der Waals surface area contributed by atoms with Crippen molar-refractivity contribution in [3.63, 3.8) is 0 Å². The Labute approximate surface area is 113 Å². The minimum absolute atomic E-state index is 0.0455. The molecular weight excluding hydrogens is 236 g/mol. The average Bonchev–Trinajstić information content (AvgIpc) is 2.47. The molecule has 1 heterocycles. The van der Waals surface area contributed by atoms with Gasteiger partial charge in [-0.25, -0.2) is 0 Å². The number of nitrogens with one attached hydrogen (secondary N) is 1. The molecule has 0 saturated heterocycles. The number of benzene rings is 1. The largest absolute Gasteiger partial charge is 0.383 e. The van der Waals surface area contributed by atoms with Crippen LogP contribution in [0.1, 0.15) is 25.3 Å². The van der Waals surface area contributed by atoms with E-state index in [2.05, 4.69) is 36.5 Å². The van der Waals surface area contributed by atoms with E-state index in [1.807, 2.05) is 25.3 Å². The Morgan fingerprint density at radius 2 is 1.89 bits per heavy atom. The van der Waals surface area contributed by atoms with E-state index in [0.29, 0.717) is 12.5 Å². The molecule has 1 aromatic heterocycles. The summed E-state index contributed by atoms with van der Waals surface area (Å²) in [5.41, 5.74) is 2.35. The first-order valence-electron chi connectivity index (χ1n) is 6.70. The SMILES string of the molecule is CCn1cc(NCC(C)c2ccccc2)ccc1=O. The molecule has 100 valence electrons. The maximum Gasteiger partial charge on any atom is 0.250 e. The van der Waals surface area contributed by atoms with Gasteiger partial charge < -0.3 is 9.88 Å². The lowest BCUT2D eigenvalue weighted by Crippen LogP contribution is -2.18. The number of aryl methyl sites for hydroxylation is 1. The molecular formula is C16H20N2O. The molecule has 2 rings (SSSR count). The first-order valence-corrected chi connectivity index (χ1v) is 6.70. The second kappa shape index (κ2) is 6.23. The topological polar surface area (TPSA) is 34.0 Å². The Morgan fingerprint density at radius 1 is 1.16 bits per heavy atom. The molecule has 0 saturated carbocycles. The summed E-state index contributed by atoms with van der Waals surface area (Å²) in [6, 6.07) is 13.9. The Balaban J connectivity index is 2.01. The molecule has 0 aliphatic heterocycles. The van der Waals surface area contributed by atoms with Crippen molar-refractivity contribution in [2.75, 3.05) is 11.9 Å². The van der Waals surface area contributed by atoms with Gasteiger partial charge in [0.25, 0.3) is 5.56 Å². The predicted molar refractivity (Wildman–Crippen MR) is 79.7 cm³/mol. The minimum atomic E-state index is 0.0455. The zero-order valence-electron chi connectivity index (χ0n) is 11.5. The lowest BCUT2D eigenvalue weighted by Gasteiger charge is -2.14. The molecule has 3 nitrogen and oxygen atoms in total. The van der Waals surface area contributed by atoms with E-state index in [4.69, 9.17) is 0 Å².